The first kappa shape index (κ1) is 19.8. The predicted molar refractivity (Wildman–Crippen MR) is 104 cm³/mol. The molecule has 3 saturated carbocycles. The Bertz CT molecular complexity index is 621. The number of carbonyl (C=O) groups is 2. The molecule has 0 bridgehead atoms. The van der Waals surface area contributed by atoms with E-state index in [1.165, 1.54) is 31.3 Å². The molecule has 0 amide bonds. The Morgan fingerprint density at radius 3 is 2.46 bits per heavy atom. The molecule has 4 rings (SSSR count). The van der Waals surface area contributed by atoms with Gasteiger partial charge in [-0.05, 0) is 86.0 Å². The minimum absolute atomic E-state index is 0.228. The van der Waals surface area contributed by atoms with Crippen molar-refractivity contribution in [3.05, 3.63) is 11.6 Å². The molecule has 0 saturated heterocycles. The quantitative estimate of drug-likeness (QED) is 0.745. The van der Waals surface area contributed by atoms with Crippen LogP contribution in [0, 0.1) is 40.4 Å². The fourth-order valence-electron chi connectivity index (χ4n) is 7.65. The lowest BCUT2D eigenvalue weighted by atomic mass is 9.45. The van der Waals surface area contributed by atoms with Crippen molar-refractivity contribution in [1.82, 2.24) is 0 Å². The molecule has 4 aliphatic carbocycles. The van der Waals surface area contributed by atoms with Gasteiger partial charge in [0.1, 0.15) is 5.78 Å². The van der Waals surface area contributed by atoms with E-state index in [0.717, 1.165) is 38.2 Å². The van der Waals surface area contributed by atoms with Crippen LogP contribution in [-0.2, 0) is 9.59 Å². The van der Waals surface area contributed by atoms with Gasteiger partial charge in [-0.3, -0.25) is 9.59 Å². The molecule has 3 fully saturated rings. The van der Waals surface area contributed by atoms with Crippen LogP contribution in [-0.4, -0.2) is 23.8 Å². The first-order valence-corrected chi connectivity index (χ1v) is 10.5. The third kappa shape index (κ3) is 2.73. The zero-order chi connectivity index (χ0) is 19.3. The van der Waals surface area contributed by atoms with Gasteiger partial charge in [0.05, 0.1) is 0 Å². The number of carbonyl (C=O) groups excluding carboxylic acids is 2. The summed E-state index contributed by atoms with van der Waals surface area (Å²) in [5.74, 6) is 3.75. The summed E-state index contributed by atoms with van der Waals surface area (Å²) in [6.07, 6.45) is 9.80. The Morgan fingerprint density at radius 2 is 1.81 bits per heavy atom. The summed E-state index contributed by atoms with van der Waals surface area (Å²) in [7, 11) is 1.00. The lowest BCUT2D eigenvalue weighted by Crippen LogP contribution is -2.52. The van der Waals surface area contributed by atoms with Crippen LogP contribution in [0.25, 0.3) is 0 Å². The van der Waals surface area contributed by atoms with E-state index in [4.69, 9.17) is 5.11 Å². The summed E-state index contributed by atoms with van der Waals surface area (Å²) in [6, 6.07) is 0. The molecule has 0 aliphatic heterocycles. The van der Waals surface area contributed by atoms with E-state index in [9.17, 15) is 9.59 Å². The van der Waals surface area contributed by atoms with Crippen molar-refractivity contribution in [2.24, 2.45) is 40.4 Å². The molecule has 146 valence electrons. The molecule has 7 atom stereocenters. The van der Waals surface area contributed by atoms with E-state index in [1.54, 1.807) is 0 Å². The van der Waals surface area contributed by atoms with Gasteiger partial charge in [0.15, 0.2) is 5.78 Å². The molecule has 0 aromatic rings. The van der Waals surface area contributed by atoms with Gasteiger partial charge in [0, 0.05) is 19.4 Å². The Balaban J connectivity index is 0.000000948. The van der Waals surface area contributed by atoms with Crippen molar-refractivity contribution in [1.29, 1.82) is 0 Å². The SMILES string of the molecule is CC(=O)C1CCC2C3C[C@H](C)C4=CC(=O)CCC4(C)[C@H]3CCC12C.CO. The molecular weight excluding hydrogens is 324 g/mol. The van der Waals surface area contributed by atoms with Crippen LogP contribution < -0.4 is 0 Å². The Hall–Kier alpha value is -0.960. The normalized spacial score (nSPS) is 46.9. The number of rotatable bonds is 1. The number of hydrogen-bond donors (Lipinski definition) is 1. The lowest BCUT2D eigenvalue weighted by Gasteiger charge is -2.59. The van der Waals surface area contributed by atoms with Crippen molar-refractivity contribution in [2.45, 2.75) is 72.6 Å². The molecule has 1 N–H and O–H groups in total. The number of ketones is 2. The Labute approximate surface area is 158 Å². The molecule has 4 aliphatic rings. The van der Waals surface area contributed by atoms with Crippen molar-refractivity contribution in [3.8, 4) is 0 Å². The van der Waals surface area contributed by atoms with Gasteiger partial charge in [-0.15, -0.1) is 0 Å². The van der Waals surface area contributed by atoms with Gasteiger partial charge in [-0.1, -0.05) is 26.3 Å². The average Bonchev–Trinajstić information content (AvgIpc) is 2.96. The van der Waals surface area contributed by atoms with Crippen LogP contribution in [0.5, 0.6) is 0 Å². The highest BCUT2D eigenvalue weighted by Gasteiger charge is 2.60. The molecule has 3 heteroatoms. The summed E-state index contributed by atoms with van der Waals surface area (Å²) >= 11 is 0. The molecule has 5 unspecified atom stereocenters. The highest BCUT2D eigenvalue weighted by atomic mass is 16.2. The van der Waals surface area contributed by atoms with Crippen molar-refractivity contribution < 1.29 is 14.7 Å². The standard InChI is InChI=1S/C22H32O2.CH4O/c1-13-11-16-18-6-5-17(14(2)23)21(18,3)10-8-19(16)22(4)9-7-15(24)12-20(13)22;1-2/h12-13,16-19H,5-11H2,1-4H3;2H,1H3/t13-,16?,17?,18?,19-,21?,22?;/m0./s1. The second-order valence-corrected chi connectivity index (χ2v) is 9.78. The van der Waals surface area contributed by atoms with Crippen molar-refractivity contribution >= 4 is 11.6 Å². The third-order valence-corrected chi connectivity index (χ3v) is 8.77. The van der Waals surface area contributed by atoms with Crippen LogP contribution in [0.1, 0.15) is 72.6 Å². The highest BCUT2D eigenvalue weighted by Crippen LogP contribution is 2.67. The minimum atomic E-state index is 0.228. The zero-order valence-corrected chi connectivity index (χ0v) is 17.2. The fourth-order valence-corrected chi connectivity index (χ4v) is 7.65. The van der Waals surface area contributed by atoms with E-state index >= 15 is 0 Å². The van der Waals surface area contributed by atoms with Gasteiger partial charge in [-0.25, -0.2) is 0 Å². The second kappa shape index (κ2) is 6.89. The Morgan fingerprint density at radius 1 is 1.12 bits per heavy atom. The number of aliphatic hydroxyl groups excluding tert-OH is 1. The molecule has 3 nitrogen and oxygen atoms in total. The summed E-state index contributed by atoms with van der Waals surface area (Å²) in [5.41, 5.74) is 1.91. The second-order valence-electron chi connectivity index (χ2n) is 9.78. The van der Waals surface area contributed by atoms with E-state index in [2.05, 4.69) is 20.8 Å². The van der Waals surface area contributed by atoms with Gasteiger partial charge < -0.3 is 5.11 Å². The maximum atomic E-state index is 12.2. The van der Waals surface area contributed by atoms with Crippen molar-refractivity contribution in [2.75, 3.05) is 7.11 Å². The van der Waals surface area contributed by atoms with Gasteiger partial charge in [0.25, 0.3) is 0 Å². The topological polar surface area (TPSA) is 54.4 Å². The molecule has 0 aromatic heterocycles. The number of aliphatic hydroxyl groups is 1. The largest absolute Gasteiger partial charge is 0.400 e. The molecular formula is C23H36O3. The number of Topliss-reactive ketones (excluding diaryl/α,β-unsaturated/α-hetero) is 1. The van der Waals surface area contributed by atoms with E-state index < -0.39 is 0 Å². The van der Waals surface area contributed by atoms with Gasteiger partial charge in [-0.2, -0.15) is 0 Å². The maximum absolute atomic E-state index is 12.2. The highest BCUT2D eigenvalue weighted by molar-refractivity contribution is 5.91. The summed E-state index contributed by atoms with van der Waals surface area (Å²) < 4.78 is 0. The van der Waals surface area contributed by atoms with Crippen LogP contribution in [0.4, 0.5) is 0 Å². The van der Waals surface area contributed by atoms with Gasteiger partial charge >= 0.3 is 0 Å². The van der Waals surface area contributed by atoms with E-state index in [-0.39, 0.29) is 16.7 Å². The fraction of sp³-hybridized carbons (Fsp3) is 0.826. The molecule has 26 heavy (non-hydrogen) atoms. The van der Waals surface area contributed by atoms with Crippen LogP contribution in [0.15, 0.2) is 11.6 Å². The van der Waals surface area contributed by atoms with Crippen LogP contribution in [0.3, 0.4) is 0 Å². The molecule has 0 heterocycles. The first-order chi connectivity index (χ1) is 12.3. The number of fused-ring (bicyclic) bond motifs is 5. The monoisotopic (exact) mass is 360 g/mol. The summed E-state index contributed by atoms with van der Waals surface area (Å²) in [5, 5.41) is 7.00. The summed E-state index contributed by atoms with van der Waals surface area (Å²) in [6.45, 7) is 9.00. The van der Waals surface area contributed by atoms with Crippen molar-refractivity contribution in [3.63, 3.8) is 0 Å². The van der Waals surface area contributed by atoms with Crippen LogP contribution in [0.2, 0.25) is 0 Å². The lowest BCUT2D eigenvalue weighted by molar-refractivity contribution is -0.129. The minimum Gasteiger partial charge on any atom is -0.400 e. The van der Waals surface area contributed by atoms with Gasteiger partial charge in [0.2, 0.25) is 0 Å². The molecule has 0 aromatic carbocycles. The average molecular weight is 361 g/mol. The maximum Gasteiger partial charge on any atom is 0.155 e. The molecule has 0 radical (unpaired) electrons. The zero-order valence-electron chi connectivity index (χ0n) is 17.2. The first-order valence-electron chi connectivity index (χ1n) is 10.5. The van der Waals surface area contributed by atoms with Crippen LogP contribution >= 0.6 is 0 Å². The third-order valence-electron chi connectivity index (χ3n) is 8.77. The smallest absolute Gasteiger partial charge is 0.155 e. The van der Waals surface area contributed by atoms with E-state index in [0.29, 0.717) is 23.4 Å². The predicted octanol–water partition coefficient (Wildman–Crippen LogP) is 4.58. The Kier molecular flexibility index (Phi) is 5.24. The van der Waals surface area contributed by atoms with E-state index in [1.807, 2.05) is 13.0 Å². The number of hydrogen-bond acceptors (Lipinski definition) is 3. The summed E-state index contributed by atoms with van der Waals surface area (Å²) in [4.78, 5) is 24.2. The molecule has 0 spiro atoms. The number of allylic oxidation sites excluding steroid dienone is 1.